The van der Waals surface area contributed by atoms with Crippen molar-refractivity contribution >= 4 is 31.8 Å². The van der Waals surface area contributed by atoms with Crippen molar-refractivity contribution in [3.8, 4) is 0 Å². The molecule has 4 aliphatic rings. The summed E-state index contributed by atoms with van der Waals surface area (Å²) in [4.78, 5) is 50.4. The molecule has 0 radical (unpaired) electrons. The van der Waals surface area contributed by atoms with Crippen LogP contribution in [0.4, 0.5) is 0 Å². The molecule has 7 nitrogen and oxygen atoms in total. The van der Waals surface area contributed by atoms with E-state index >= 15 is 0 Å². The summed E-state index contributed by atoms with van der Waals surface area (Å²) in [5.41, 5.74) is -0.443. The van der Waals surface area contributed by atoms with Gasteiger partial charge in [-0.05, 0) is 88.1 Å². The number of allylic oxidation sites excluding steroid dienone is 1. The molecule has 200 valence electrons. The van der Waals surface area contributed by atoms with Crippen LogP contribution in [-0.2, 0) is 33.1 Å². The molecule has 36 heavy (non-hydrogen) atoms. The number of rotatable bonds is 5. The summed E-state index contributed by atoms with van der Waals surface area (Å²) >= 11 is 0. The van der Waals surface area contributed by atoms with Crippen LogP contribution < -0.4 is 0 Å². The summed E-state index contributed by atoms with van der Waals surface area (Å²) in [6.45, 7) is 15.2. The third-order valence-corrected chi connectivity index (χ3v) is 10.6. The molecule has 3 fully saturated rings. The highest BCUT2D eigenvalue weighted by atomic mass is 28.4. The lowest BCUT2D eigenvalue weighted by Crippen LogP contribution is -2.63. The highest BCUT2D eigenvalue weighted by Crippen LogP contribution is 2.69. The van der Waals surface area contributed by atoms with Gasteiger partial charge < -0.3 is 13.9 Å². The highest BCUT2D eigenvalue weighted by molar-refractivity contribution is 6.69. The van der Waals surface area contributed by atoms with Crippen LogP contribution in [0.2, 0.25) is 19.6 Å². The third kappa shape index (κ3) is 4.22. The van der Waals surface area contributed by atoms with E-state index in [-0.39, 0.29) is 34.7 Å². The number of Topliss-reactive ketones (excluding diaryl/α,β-unsaturated/α-hetero) is 1. The molecule has 0 aromatic rings. The molecule has 0 bridgehead atoms. The minimum Gasteiger partial charge on any atom is -0.459 e. The van der Waals surface area contributed by atoms with E-state index < -0.39 is 43.5 Å². The predicted octanol–water partition coefficient (Wildman–Crippen LogP) is 4.78. The second kappa shape index (κ2) is 8.90. The first kappa shape index (κ1) is 27.2. The van der Waals surface area contributed by atoms with Gasteiger partial charge in [0.15, 0.2) is 14.1 Å². The zero-order valence-electron chi connectivity index (χ0n) is 23.1. The maximum absolute atomic E-state index is 13.8. The summed E-state index contributed by atoms with van der Waals surface area (Å²) in [6.07, 6.45) is 4.54. The summed E-state index contributed by atoms with van der Waals surface area (Å²) in [7, 11) is -2.07. The number of ketones is 2. The third-order valence-electron chi connectivity index (χ3n) is 9.63. The lowest BCUT2D eigenvalue weighted by atomic mass is 9.46. The van der Waals surface area contributed by atoms with Gasteiger partial charge >= 0.3 is 11.9 Å². The predicted molar refractivity (Wildman–Crippen MR) is 136 cm³/mol. The molecule has 4 rings (SSSR count). The van der Waals surface area contributed by atoms with Gasteiger partial charge in [0, 0.05) is 31.1 Å². The standard InChI is InChI=1S/C28H42O7Si/c1-16(29)19-10-12-28(35-36(6,7)8)21-13-23(32)22-14-24(33-17(2)30)25(34-18(3)31)15-26(22,4)20(21)9-11-27(19,28)5/h13,19-20,22,24-25H,9-12,14-15H2,1-8H3/t19-,20+,22+,24-,25+,26-,27-,28-/m1/s1. The number of ether oxygens (including phenoxy) is 2. The van der Waals surface area contributed by atoms with Crippen LogP contribution in [0.5, 0.6) is 0 Å². The van der Waals surface area contributed by atoms with Crippen molar-refractivity contribution in [2.24, 2.45) is 28.6 Å². The summed E-state index contributed by atoms with van der Waals surface area (Å²) in [5.74, 6) is -1.02. The molecule has 4 aliphatic carbocycles. The van der Waals surface area contributed by atoms with Gasteiger partial charge in [-0.2, -0.15) is 0 Å². The topological polar surface area (TPSA) is 96.0 Å². The lowest BCUT2D eigenvalue weighted by molar-refractivity contribution is -0.185. The first-order chi connectivity index (χ1) is 16.5. The Hall–Kier alpha value is -1.80. The van der Waals surface area contributed by atoms with E-state index in [1.807, 2.05) is 6.08 Å². The second-order valence-corrected chi connectivity index (χ2v) is 17.5. The molecule has 0 heterocycles. The van der Waals surface area contributed by atoms with Crippen LogP contribution >= 0.6 is 0 Å². The minimum absolute atomic E-state index is 0.0243. The van der Waals surface area contributed by atoms with Crippen molar-refractivity contribution in [1.29, 1.82) is 0 Å². The van der Waals surface area contributed by atoms with Crippen molar-refractivity contribution in [2.75, 3.05) is 0 Å². The maximum atomic E-state index is 13.8. The summed E-state index contributed by atoms with van der Waals surface area (Å²) in [6, 6.07) is 0. The van der Waals surface area contributed by atoms with Gasteiger partial charge in [-0.25, -0.2) is 0 Å². The Balaban J connectivity index is 1.82. The fourth-order valence-corrected chi connectivity index (χ4v) is 9.87. The minimum atomic E-state index is -2.07. The van der Waals surface area contributed by atoms with Gasteiger partial charge in [0.05, 0.1) is 5.60 Å². The molecule has 3 saturated carbocycles. The van der Waals surface area contributed by atoms with Crippen molar-refractivity contribution in [1.82, 2.24) is 0 Å². The van der Waals surface area contributed by atoms with E-state index in [1.165, 1.54) is 13.8 Å². The Morgan fingerprint density at radius 2 is 1.53 bits per heavy atom. The van der Waals surface area contributed by atoms with Gasteiger partial charge in [-0.3, -0.25) is 19.2 Å². The van der Waals surface area contributed by atoms with Crippen molar-refractivity contribution in [3.63, 3.8) is 0 Å². The molecule has 0 saturated heterocycles. The number of carbonyl (C=O) groups is 4. The largest absolute Gasteiger partial charge is 0.459 e. The highest BCUT2D eigenvalue weighted by Gasteiger charge is 2.69. The number of carbonyl (C=O) groups excluding carboxylic acids is 4. The number of hydrogen-bond donors (Lipinski definition) is 0. The monoisotopic (exact) mass is 518 g/mol. The Kier molecular flexibility index (Phi) is 6.73. The molecular formula is C28H42O7Si. The van der Waals surface area contributed by atoms with E-state index in [4.69, 9.17) is 13.9 Å². The van der Waals surface area contributed by atoms with E-state index in [9.17, 15) is 19.2 Å². The van der Waals surface area contributed by atoms with E-state index in [2.05, 4.69) is 33.5 Å². The van der Waals surface area contributed by atoms with Gasteiger partial charge in [0.2, 0.25) is 0 Å². The first-order valence-electron chi connectivity index (χ1n) is 13.3. The summed E-state index contributed by atoms with van der Waals surface area (Å²) < 4.78 is 18.3. The van der Waals surface area contributed by atoms with Crippen molar-refractivity contribution < 1.29 is 33.1 Å². The van der Waals surface area contributed by atoms with Crippen LogP contribution in [0, 0.1) is 28.6 Å². The number of hydrogen-bond acceptors (Lipinski definition) is 7. The van der Waals surface area contributed by atoms with E-state index in [1.54, 1.807) is 6.92 Å². The molecule has 0 spiro atoms. The molecule has 8 atom stereocenters. The average Bonchev–Trinajstić information content (AvgIpc) is 3.00. The van der Waals surface area contributed by atoms with Crippen molar-refractivity contribution in [3.05, 3.63) is 11.6 Å². The lowest BCUT2D eigenvalue weighted by Gasteiger charge is -2.62. The van der Waals surface area contributed by atoms with Gasteiger partial charge in [0.25, 0.3) is 0 Å². The molecular weight excluding hydrogens is 476 g/mol. The van der Waals surface area contributed by atoms with Crippen molar-refractivity contribution in [2.45, 2.75) is 111 Å². The Morgan fingerprint density at radius 3 is 2.08 bits per heavy atom. The zero-order chi connectivity index (χ0) is 26.8. The Morgan fingerprint density at radius 1 is 0.917 bits per heavy atom. The normalized spacial score (nSPS) is 41.9. The summed E-state index contributed by atoms with van der Waals surface area (Å²) in [5, 5.41) is 0. The smallest absolute Gasteiger partial charge is 0.303 e. The van der Waals surface area contributed by atoms with Crippen LogP contribution in [0.1, 0.15) is 73.1 Å². The van der Waals surface area contributed by atoms with Crippen LogP contribution in [0.25, 0.3) is 0 Å². The fraction of sp³-hybridized carbons (Fsp3) is 0.786. The molecule has 0 aromatic heterocycles. The molecule has 8 heteroatoms. The van der Waals surface area contributed by atoms with Crippen LogP contribution in [0.3, 0.4) is 0 Å². The number of fused-ring (bicyclic) bond motifs is 5. The van der Waals surface area contributed by atoms with Gasteiger partial charge in [-0.1, -0.05) is 13.8 Å². The average molecular weight is 519 g/mol. The molecule has 0 N–H and O–H groups in total. The van der Waals surface area contributed by atoms with E-state index in [0.29, 0.717) is 12.8 Å². The number of esters is 2. The maximum Gasteiger partial charge on any atom is 0.303 e. The second-order valence-electron chi connectivity index (χ2n) is 13.0. The van der Waals surface area contributed by atoms with Crippen LogP contribution in [0.15, 0.2) is 11.6 Å². The molecule has 0 amide bonds. The first-order valence-corrected chi connectivity index (χ1v) is 16.8. The van der Waals surface area contributed by atoms with Crippen LogP contribution in [-0.4, -0.2) is 49.6 Å². The molecule has 0 aromatic carbocycles. The Bertz CT molecular complexity index is 1010. The zero-order valence-corrected chi connectivity index (χ0v) is 24.1. The molecule has 0 aliphatic heterocycles. The Labute approximate surface area is 215 Å². The van der Waals surface area contributed by atoms with Gasteiger partial charge in [-0.15, -0.1) is 0 Å². The molecule has 0 unspecified atom stereocenters. The SMILES string of the molecule is CC(=O)O[C@H]1C[C@@]2(C)[C@@H](C[C@H]1OC(C)=O)C(=O)C=C1[C@@H]2CC[C@]2(C)[C@@H](C(C)=O)CC[C@@]12O[Si](C)(C)C. The van der Waals surface area contributed by atoms with E-state index in [0.717, 1.165) is 31.3 Å². The quantitative estimate of drug-likeness (QED) is 0.382. The fourth-order valence-electron chi connectivity index (χ4n) is 8.38. The van der Waals surface area contributed by atoms with Gasteiger partial charge in [0.1, 0.15) is 18.0 Å².